The van der Waals surface area contributed by atoms with E-state index in [0.717, 1.165) is 0 Å². The van der Waals surface area contributed by atoms with E-state index in [2.05, 4.69) is 0 Å². The molecule has 0 spiro atoms. The Labute approximate surface area is 108 Å². The van der Waals surface area contributed by atoms with Crippen LogP contribution in [0.5, 0.6) is 0 Å². The zero-order chi connectivity index (χ0) is 14.0. The average Bonchev–Trinajstić information content (AvgIpc) is 2.65. The maximum atomic E-state index is 11.4. The van der Waals surface area contributed by atoms with Gasteiger partial charge in [-0.1, -0.05) is 13.8 Å². The first kappa shape index (κ1) is 15.4. The van der Waals surface area contributed by atoms with Crippen LogP contribution in [0.2, 0.25) is 0 Å². The van der Waals surface area contributed by atoms with Gasteiger partial charge < -0.3 is 10.2 Å². The van der Waals surface area contributed by atoms with E-state index in [9.17, 15) is 23.4 Å². The standard InChI is InChI=1S/C12H22O5S/c1-3-12(15,4-2)7-10(11(13)14)9-5-6-18(16,17)8-9/h9-10,15H,3-8H2,1-2H3,(H,13,14). The van der Waals surface area contributed by atoms with E-state index in [1.165, 1.54) is 0 Å². The summed E-state index contributed by atoms with van der Waals surface area (Å²) in [4.78, 5) is 11.3. The number of carboxylic acids is 1. The van der Waals surface area contributed by atoms with E-state index in [4.69, 9.17) is 0 Å². The summed E-state index contributed by atoms with van der Waals surface area (Å²) in [7, 11) is -3.09. The van der Waals surface area contributed by atoms with Crippen molar-refractivity contribution in [2.75, 3.05) is 11.5 Å². The van der Waals surface area contributed by atoms with Gasteiger partial charge in [-0.15, -0.1) is 0 Å². The lowest BCUT2D eigenvalue weighted by molar-refractivity contribution is -0.146. The highest BCUT2D eigenvalue weighted by Crippen LogP contribution is 2.34. The van der Waals surface area contributed by atoms with Gasteiger partial charge in [0, 0.05) is 0 Å². The molecule has 106 valence electrons. The molecule has 0 aliphatic carbocycles. The van der Waals surface area contributed by atoms with Crippen molar-refractivity contribution >= 4 is 15.8 Å². The Balaban J connectivity index is 2.82. The molecule has 0 radical (unpaired) electrons. The van der Waals surface area contributed by atoms with Gasteiger partial charge in [0.2, 0.25) is 0 Å². The van der Waals surface area contributed by atoms with E-state index in [-0.39, 0.29) is 23.8 Å². The lowest BCUT2D eigenvalue weighted by atomic mass is 9.79. The molecule has 2 unspecified atom stereocenters. The van der Waals surface area contributed by atoms with Gasteiger partial charge in [0.15, 0.2) is 9.84 Å². The van der Waals surface area contributed by atoms with Gasteiger partial charge in [-0.3, -0.25) is 4.79 Å². The molecule has 5 nitrogen and oxygen atoms in total. The van der Waals surface area contributed by atoms with Gasteiger partial charge >= 0.3 is 5.97 Å². The molecule has 0 bridgehead atoms. The molecule has 1 rings (SSSR count). The molecule has 1 heterocycles. The van der Waals surface area contributed by atoms with Crippen LogP contribution in [-0.2, 0) is 14.6 Å². The number of carboxylic acid groups (broad SMARTS) is 1. The van der Waals surface area contributed by atoms with Crippen molar-refractivity contribution in [2.24, 2.45) is 11.8 Å². The van der Waals surface area contributed by atoms with Crippen molar-refractivity contribution in [3.63, 3.8) is 0 Å². The van der Waals surface area contributed by atoms with Crippen LogP contribution in [0.15, 0.2) is 0 Å². The summed E-state index contributed by atoms with van der Waals surface area (Å²) in [5.41, 5.74) is -1.00. The molecule has 1 aliphatic rings. The van der Waals surface area contributed by atoms with Crippen LogP contribution in [0.1, 0.15) is 39.5 Å². The number of aliphatic carboxylic acids is 1. The van der Waals surface area contributed by atoms with E-state index in [1.54, 1.807) is 0 Å². The van der Waals surface area contributed by atoms with Gasteiger partial charge in [-0.2, -0.15) is 0 Å². The fourth-order valence-electron chi connectivity index (χ4n) is 2.54. The normalized spacial score (nSPS) is 24.9. The Morgan fingerprint density at radius 2 is 1.94 bits per heavy atom. The van der Waals surface area contributed by atoms with Crippen LogP contribution in [0.25, 0.3) is 0 Å². The van der Waals surface area contributed by atoms with Crippen LogP contribution in [0, 0.1) is 11.8 Å². The molecule has 1 saturated heterocycles. The predicted molar refractivity (Wildman–Crippen MR) is 68.0 cm³/mol. The molecule has 0 amide bonds. The van der Waals surface area contributed by atoms with Crippen LogP contribution < -0.4 is 0 Å². The van der Waals surface area contributed by atoms with E-state index in [1.807, 2.05) is 13.8 Å². The van der Waals surface area contributed by atoms with Crippen molar-refractivity contribution in [3.05, 3.63) is 0 Å². The van der Waals surface area contributed by atoms with Gasteiger partial charge in [0.25, 0.3) is 0 Å². The van der Waals surface area contributed by atoms with Crippen molar-refractivity contribution in [1.29, 1.82) is 0 Å². The Morgan fingerprint density at radius 3 is 2.28 bits per heavy atom. The monoisotopic (exact) mass is 278 g/mol. The topological polar surface area (TPSA) is 91.7 Å². The Morgan fingerprint density at radius 1 is 1.39 bits per heavy atom. The highest BCUT2D eigenvalue weighted by atomic mass is 32.2. The summed E-state index contributed by atoms with van der Waals surface area (Å²) >= 11 is 0. The molecule has 0 aromatic rings. The molecule has 2 N–H and O–H groups in total. The molecule has 1 aliphatic heterocycles. The SMILES string of the molecule is CCC(O)(CC)CC(C(=O)O)C1CCS(=O)(=O)C1. The minimum atomic E-state index is -3.09. The third kappa shape index (κ3) is 3.68. The molecule has 2 atom stereocenters. The molecular formula is C12H22O5S. The van der Waals surface area contributed by atoms with Gasteiger partial charge in [-0.05, 0) is 31.6 Å². The smallest absolute Gasteiger partial charge is 0.306 e. The highest BCUT2D eigenvalue weighted by Gasteiger charge is 2.41. The summed E-state index contributed by atoms with van der Waals surface area (Å²) < 4.78 is 22.8. The Hall–Kier alpha value is -0.620. The minimum Gasteiger partial charge on any atom is -0.481 e. The number of aliphatic hydroxyl groups is 1. The molecule has 18 heavy (non-hydrogen) atoms. The van der Waals surface area contributed by atoms with E-state index < -0.39 is 27.3 Å². The second-order valence-electron chi connectivity index (χ2n) is 5.24. The second-order valence-corrected chi connectivity index (χ2v) is 7.47. The largest absolute Gasteiger partial charge is 0.481 e. The fourth-order valence-corrected chi connectivity index (χ4v) is 4.42. The van der Waals surface area contributed by atoms with Crippen molar-refractivity contribution in [2.45, 2.75) is 45.1 Å². The maximum Gasteiger partial charge on any atom is 0.306 e. The molecule has 0 saturated carbocycles. The van der Waals surface area contributed by atoms with E-state index >= 15 is 0 Å². The first-order chi connectivity index (χ1) is 8.23. The van der Waals surface area contributed by atoms with Crippen molar-refractivity contribution < 1.29 is 23.4 Å². The second kappa shape index (κ2) is 5.57. The molecule has 6 heteroatoms. The summed E-state index contributed by atoms with van der Waals surface area (Å²) in [6.45, 7) is 3.63. The number of sulfone groups is 1. The first-order valence-corrected chi connectivity index (χ1v) is 8.21. The molecular weight excluding hydrogens is 256 g/mol. The number of hydrogen-bond acceptors (Lipinski definition) is 4. The first-order valence-electron chi connectivity index (χ1n) is 6.38. The van der Waals surface area contributed by atoms with Crippen LogP contribution >= 0.6 is 0 Å². The molecule has 1 fully saturated rings. The number of carbonyl (C=O) groups is 1. The summed E-state index contributed by atoms with van der Waals surface area (Å²) in [6, 6.07) is 0. The van der Waals surface area contributed by atoms with Crippen molar-refractivity contribution in [1.82, 2.24) is 0 Å². The lowest BCUT2D eigenvalue weighted by Gasteiger charge is -2.30. The fraction of sp³-hybridized carbons (Fsp3) is 0.917. The van der Waals surface area contributed by atoms with Gasteiger partial charge in [0.05, 0.1) is 23.0 Å². The number of hydrogen-bond donors (Lipinski definition) is 2. The average molecular weight is 278 g/mol. The third-order valence-electron chi connectivity index (χ3n) is 4.07. The highest BCUT2D eigenvalue weighted by molar-refractivity contribution is 7.91. The van der Waals surface area contributed by atoms with Crippen molar-refractivity contribution in [3.8, 4) is 0 Å². The van der Waals surface area contributed by atoms with Crippen LogP contribution in [0.4, 0.5) is 0 Å². The Kier molecular flexibility index (Phi) is 4.78. The number of rotatable bonds is 6. The summed E-state index contributed by atoms with van der Waals surface area (Å²) in [6.07, 6.45) is 1.48. The van der Waals surface area contributed by atoms with Gasteiger partial charge in [-0.25, -0.2) is 8.42 Å². The third-order valence-corrected chi connectivity index (χ3v) is 5.86. The zero-order valence-corrected chi connectivity index (χ0v) is 11.7. The lowest BCUT2D eigenvalue weighted by Crippen LogP contribution is -2.36. The maximum absolute atomic E-state index is 11.4. The predicted octanol–water partition coefficient (Wildman–Crippen LogP) is 1.06. The van der Waals surface area contributed by atoms with Crippen LogP contribution in [0.3, 0.4) is 0 Å². The Bertz CT molecular complexity index is 397. The minimum absolute atomic E-state index is 0.0620. The van der Waals surface area contributed by atoms with Crippen LogP contribution in [-0.4, -0.2) is 41.7 Å². The van der Waals surface area contributed by atoms with Gasteiger partial charge in [0.1, 0.15) is 0 Å². The molecule has 0 aromatic carbocycles. The summed E-state index contributed by atoms with van der Waals surface area (Å²) in [5.74, 6) is -2.13. The zero-order valence-electron chi connectivity index (χ0n) is 10.9. The quantitative estimate of drug-likeness (QED) is 0.758. The summed E-state index contributed by atoms with van der Waals surface area (Å²) in [5, 5.41) is 19.5. The molecule has 0 aromatic heterocycles. The van der Waals surface area contributed by atoms with E-state index in [0.29, 0.717) is 19.3 Å².